The maximum atomic E-state index is 10.5. The molecule has 0 saturated heterocycles. The first-order chi connectivity index (χ1) is 10.1. The maximum absolute atomic E-state index is 10.5. The zero-order valence-electron chi connectivity index (χ0n) is 12.7. The molecule has 0 aliphatic carbocycles. The van der Waals surface area contributed by atoms with Gasteiger partial charge in [0.2, 0.25) is 0 Å². The van der Waals surface area contributed by atoms with Gasteiger partial charge in [-0.15, -0.1) is 0 Å². The van der Waals surface area contributed by atoms with E-state index in [2.05, 4.69) is 30.9 Å². The molecule has 0 aliphatic heterocycles. The molecule has 4 heteroatoms. The molecule has 1 atom stereocenters. The van der Waals surface area contributed by atoms with Crippen LogP contribution >= 0.6 is 0 Å². The Kier molecular flexibility index (Phi) is 5.39. The molecule has 1 aromatic heterocycles. The van der Waals surface area contributed by atoms with E-state index in [0.29, 0.717) is 0 Å². The van der Waals surface area contributed by atoms with Gasteiger partial charge in [-0.05, 0) is 45.0 Å². The lowest BCUT2D eigenvalue weighted by Gasteiger charge is -2.26. The number of carboxylic acid groups (broad SMARTS) is 1. The van der Waals surface area contributed by atoms with Gasteiger partial charge in [0.15, 0.2) is 0 Å². The molecule has 0 bridgehead atoms. The zero-order chi connectivity index (χ0) is 15.2. The number of hydrogen-bond donors (Lipinski definition) is 1. The molecule has 1 heterocycles. The molecule has 114 valence electrons. The third kappa shape index (κ3) is 4.08. The average molecular weight is 289 g/mol. The second kappa shape index (κ2) is 7.27. The van der Waals surface area contributed by atoms with Gasteiger partial charge in [0.05, 0.1) is 6.04 Å². The fourth-order valence-corrected chi connectivity index (χ4v) is 2.60. The van der Waals surface area contributed by atoms with Crippen LogP contribution in [-0.2, 0) is 4.79 Å². The van der Waals surface area contributed by atoms with Gasteiger partial charge in [0.25, 0.3) is 0 Å². The second-order valence-corrected chi connectivity index (χ2v) is 5.34. The molecule has 0 aliphatic rings. The monoisotopic (exact) mass is 289 g/mol. The number of hydrogen-bond acceptors (Lipinski definition) is 3. The van der Waals surface area contributed by atoms with Crippen LogP contribution in [0.25, 0.3) is 11.0 Å². The second-order valence-electron chi connectivity index (χ2n) is 5.34. The van der Waals surface area contributed by atoms with Gasteiger partial charge in [-0.3, -0.25) is 9.69 Å². The minimum Gasteiger partial charge on any atom is -0.481 e. The summed E-state index contributed by atoms with van der Waals surface area (Å²) in [6.07, 6.45) is 1.86. The van der Waals surface area contributed by atoms with Crippen LogP contribution in [0.3, 0.4) is 0 Å². The molecule has 2 aromatic rings. The van der Waals surface area contributed by atoms with Crippen LogP contribution in [0.2, 0.25) is 0 Å². The minimum atomic E-state index is -0.719. The largest absolute Gasteiger partial charge is 0.481 e. The van der Waals surface area contributed by atoms with Crippen molar-refractivity contribution in [3.8, 4) is 0 Å². The smallest absolute Gasteiger partial charge is 0.303 e. The average Bonchev–Trinajstić information content (AvgIpc) is 2.90. The number of fused-ring (bicyclic) bond motifs is 1. The topological polar surface area (TPSA) is 53.7 Å². The summed E-state index contributed by atoms with van der Waals surface area (Å²) < 4.78 is 5.92. The predicted molar refractivity (Wildman–Crippen MR) is 83.4 cm³/mol. The Morgan fingerprint density at radius 1 is 1.33 bits per heavy atom. The van der Waals surface area contributed by atoms with E-state index in [9.17, 15) is 4.79 Å². The first-order valence-electron chi connectivity index (χ1n) is 7.56. The van der Waals surface area contributed by atoms with Gasteiger partial charge in [0, 0.05) is 11.8 Å². The van der Waals surface area contributed by atoms with E-state index in [1.54, 1.807) is 0 Å². The van der Waals surface area contributed by atoms with Crippen LogP contribution in [0.1, 0.15) is 44.9 Å². The fraction of sp³-hybridized carbons (Fsp3) is 0.471. The van der Waals surface area contributed by atoms with Crippen molar-refractivity contribution in [2.45, 2.75) is 39.2 Å². The van der Waals surface area contributed by atoms with Gasteiger partial charge in [-0.2, -0.15) is 0 Å². The molecule has 0 saturated carbocycles. The number of furan rings is 1. The highest BCUT2D eigenvalue weighted by Crippen LogP contribution is 2.27. The lowest BCUT2D eigenvalue weighted by atomic mass is 10.1. The van der Waals surface area contributed by atoms with Gasteiger partial charge < -0.3 is 9.52 Å². The summed E-state index contributed by atoms with van der Waals surface area (Å²) in [7, 11) is 0. The van der Waals surface area contributed by atoms with Crippen LogP contribution in [0, 0.1) is 0 Å². The van der Waals surface area contributed by atoms with Crippen LogP contribution in [-0.4, -0.2) is 29.1 Å². The van der Waals surface area contributed by atoms with Crippen LogP contribution in [0.5, 0.6) is 0 Å². The van der Waals surface area contributed by atoms with E-state index in [1.165, 1.54) is 0 Å². The Bertz CT molecular complexity index is 557. The van der Waals surface area contributed by atoms with Crippen molar-refractivity contribution >= 4 is 16.9 Å². The van der Waals surface area contributed by atoms with Gasteiger partial charge in [0.1, 0.15) is 11.3 Å². The van der Waals surface area contributed by atoms with E-state index in [-0.39, 0.29) is 12.5 Å². The Morgan fingerprint density at radius 3 is 2.76 bits per heavy atom. The van der Waals surface area contributed by atoms with Gasteiger partial charge >= 0.3 is 5.97 Å². The minimum absolute atomic E-state index is 0.201. The third-order valence-corrected chi connectivity index (χ3v) is 3.90. The summed E-state index contributed by atoms with van der Waals surface area (Å²) >= 11 is 0. The number of unbranched alkanes of at least 4 members (excludes halogenated alkanes) is 1. The number of aliphatic carboxylic acids is 1. The van der Waals surface area contributed by atoms with Crippen molar-refractivity contribution in [2.24, 2.45) is 0 Å². The summed E-state index contributed by atoms with van der Waals surface area (Å²) in [4.78, 5) is 12.9. The Labute approximate surface area is 125 Å². The van der Waals surface area contributed by atoms with Crippen LogP contribution in [0.4, 0.5) is 0 Å². The van der Waals surface area contributed by atoms with Crippen molar-refractivity contribution < 1.29 is 14.3 Å². The van der Waals surface area contributed by atoms with E-state index in [0.717, 1.165) is 42.7 Å². The molecule has 0 fully saturated rings. The molecule has 2 rings (SSSR count). The van der Waals surface area contributed by atoms with Crippen molar-refractivity contribution in [1.82, 2.24) is 4.90 Å². The van der Waals surface area contributed by atoms with Gasteiger partial charge in [-0.25, -0.2) is 0 Å². The first-order valence-corrected chi connectivity index (χ1v) is 7.56. The first kappa shape index (κ1) is 15.6. The molecular weight excluding hydrogens is 266 g/mol. The predicted octanol–water partition coefficient (Wildman–Crippen LogP) is 4.07. The highest BCUT2D eigenvalue weighted by molar-refractivity contribution is 5.77. The lowest BCUT2D eigenvalue weighted by Crippen LogP contribution is -2.27. The molecule has 1 N–H and O–H groups in total. The van der Waals surface area contributed by atoms with Crippen LogP contribution < -0.4 is 0 Å². The SMILES string of the molecule is CCN(CCCCC(=O)O)C(C)c1cc2ccccc2o1. The molecule has 21 heavy (non-hydrogen) atoms. The Morgan fingerprint density at radius 2 is 2.10 bits per heavy atom. The van der Waals surface area contributed by atoms with E-state index in [1.807, 2.05) is 18.2 Å². The quantitative estimate of drug-likeness (QED) is 0.744. The highest BCUT2D eigenvalue weighted by atomic mass is 16.4. The highest BCUT2D eigenvalue weighted by Gasteiger charge is 2.17. The molecule has 1 unspecified atom stereocenters. The number of rotatable bonds is 8. The van der Waals surface area contributed by atoms with Crippen molar-refractivity contribution in [3.05, 3.63) is 36.1 Å². The Hall–Kier alpha value is -1.81. The lowest BCUT2D eigenvalue weighted by molar-refractivity contribution is -0.137. The standard InChI is InChI=1S/C17H23NO3/c1-3-18(11-7-6-10-17(19)20)13(2)16-12-14-8-4-5-9-15(14)21-16/h4-5,8-9,12-13H,3,6-7,10-11H2,1-2H3,(H,19,20). The van der Waals surface area contributed by atoms with E-state index in [4.69, 9.17) is 9.52 Å². The van der Waals surface area contributed by atoms with Crippen molar-refractivity contribution in [3.63, 3.8) is 0 Å². The maximum Gasteiger partial charge on any atom is 0.303 e. The molecule has 0 amide bonds. The summed E-state index contributed by atoms with van der Waals surface area (Å²) in [5, 5.41) is 9.80. The molecule has 1 aromatic carbocycles. The van der Waals surface area contributed by atoms with Crippen molar-refractivity contribution in [1.29, 1.82) is 0 Å². The third-order valence-electron chi connectivity index (χ3n) is 3.90. The molecular formula is C17H23NO3. The van der Waals surface area contributed by atoms with E-state index >= 15 is 0 Å². The summed E-state index contributed by atoms with van der Waals surface area (Å²) in [6, 6.07) is 10.3. The summed E-state index contributed by atoms with van der Waals surface area (Å²) in [5.41, 5.74) is 0.918. The number of carbonyl (C=O) groups is 1. The number of para-hydroxylation sites is 1. The van der Waals surface area contributed by atoms with Crippen LogP contribution in [0.15, 0.2) is 34.7 Å². The zero-order valence-corrected chi connectivity index (χ0v) is 12.7. The van der Waals surface area contributed by atoms with Crippen molar-refractivity contribution in [2.75, 3.05) is 13.1 Å². The molecule has 0 spiro atoms. The van der Waals surface area contributed by atoms with Gasteiger partial charge in [-0.1, -0.05) is 25.1 Å². The summed E-state index contributed by atoms with van der Waals surface area (Å²) in [6.45, 7) is 6.07. The molecule has 4 nitrogen and oxygen atoms in total. The number of benzene rings is 1. The normalized spacial score (nSPS) is 12.9. The summed E-state index contributed by atoms with van der Waals surface area (Å²) in [5.74, 6) is 0.250. The molecule has 0 radical (unpaired) electrons. The fourth-order valence-electron chi connectivity index (χ4n) is 2.60. The van der Waals surface area contributed by atoms with E-state index < -0.39 is 5.97 Å². The number of nitrogens with zero attached hydrogens (tertiary/aromatic N) is 1. The Balaban J connectivity index is 1.98. The number of carboxylic acids is 1.